The molecule has 0 bridgehead atoms. The molecule has 4 rings (SSSR count). The summed E-state index contributed by atoms with van der Waals surface area (Å²) in [5.74, 6) is 1.53. The molecule has 0 unspecified atom stereocenters. The van der Waals surface area contributed by atoms with E-state index < -0.39 is 0 Å². The Morgan fingerprint density at radius 1 is 0.970 bits per heavy atom. The Kier molecular flexibility index (Phi) is 6.22. The molecule has 0 radical (unpaired) electrons. The first-order chi connectivity index (χ1) is 15.8. The summed E-state index contributed by atoms with van der Waals surface area (Å²) in [5.41, 5.74) is 5.18. The van der Waals surface area contributed by atoms with Crippen molar-refractivity contribution in [3.63, 3.8) is 0 Å². The quantitative estimate of drug-likeness (QED) is 0.360. The van der Waals surface area contributed by atoms with E-state index in [1.807, 2.05) is 52.2 Å². The Bertz CT molecular complexity index is 1260. The maximum absolute atomic E-state index is 6.15. The minimum absolute atomic E-state index is 0.305. The SMILES string of the molecule is CCCN(c1cc(OC)cc(OC(C)(C)C)c1)c1ccc2ncc(-c3cnn(C)c3)nc2c1. The zero-order valence-corrected chi connectivity index (χ0v) is 20.2. The lowest BCUT2D eigenvalue weighted by atomic mass is 10.1. The number of aromatic nitrogens is 4. The lowest BCUT2D eigenvalue weighted by Gasteiger charge is -2.27. The second-order valence-corrected chi connectivity index (χ2v) is 9.06. The van der Waals surface area contributed by atoms with Crippen LogP contribution in [0, 0.1) is 0 Å². The van der Waals surface area contributed by atoms with E-state index in [9.17, 15) is 0 Å². The molecule has 0 N–H and O–H groups in total. The van der Waals surface area contributed by atoms with Crippen molar-refractivity contribution in [2.24, 2.45) is 7.05 Å². The zero-order chi connectivity index (χ0) is 23.6. The molecule has 0 saturated carbocycles. The first kappa shape index (κ1) is 22.6. The van der Waals surface area contributed by atoms with Crippen LogP contribution in [0.5, 0.6) is 11.5 Å². The fourth-order valence-corrected chi connectivity index (χ4v) is 3.73. The first-order valence-electron chi connectivity index (χ1n) is 11.2. The largest absolute Gasteiger partial charge is 0.497 e. The molecule has 7 heteroatoms. The maximum Gasteiger partial charge on any atom is 0.125 e. The number of hydrogen-bond acceptors (Lipinski definition) is 6. The summed E-state index contributed by atoms with van der Waals surface area (Å²) in [7, 11) is 3.57. The van der Waals surface area contributed by atoms with E-state index in [1.54, 1.807) is 24.2 Å². The summed E-state index contributed by atoms with van der Waals surface area (Å²) in [6.07, 6.45) is 6.51. The van der Waals surface area contributed by atoms with E-state index in [1.165, 1.54) is 0 Å². The van der Waals surface area contributed by atoms with Gasteiger partial charge < -0.3 is 14.4 Å². The van der Waals surface area contributed by atoms with Gasteiger partial charge >= 0.3 is 0 Å². The normalized spacial score (nSPS) is 11.6. The van der Waals surface area contributed by atoms with Gasteiger partial charge in [-0.3, -0.25) is 9.67 Å². The molecular weight excluding hydrogens is 414 g/mol. The highest BCUT2D eigenvalue weighted by Crippen LogP contribution is 2.35. The number of benzene rings is 2. The van der Waals surface area contributed by atoms with Crippen molar-refractivity contribution >= 4 is 22.4 Å². The highest BCUT2D eigenvalue weighted by atomic mass is 16.5. The Balaban J connectivity index is 1.77. The van der Waals surface area contributed by atoms with Crippen LogP contribution in [0.2, 0.25) is 0 Å². The second-order valence-electron chi connectivity index (χ2n) is 9.06. The Morgan fingerprint density at radius 3 is 2.42 bits per heavy atom. The Morgan fingerprint density at radius 2 is 1.76 bits per heavy atom. The summed E-state index contributed by atoms with van der Waals surface area (Å²) < 4.78 is 13.5. The van der Waals surface area contributed by atoms with Crippen molar-refractivity contribution in [1.29, 1.82) is 0 Å². The summed E-state index contributed by atoms with van der Waals surface area (Å²) in [6.45, 7) is 9.12. The van der Waals surface area contributed by atoms with Gasteiger partial charge in [-0.25, -0.2) is 4.98 Å². The molecule has 0 saturated heterocycles. The van der Waals surface area contributed by atoms with E-state index in [-0.39, 0.29) is 5.60 Å². The molecule has 2 aromatic carbocycles. The van der Waals surface area contributed by atoms with Crippen molar-refractivity contribution in [1.82, 2.24) is 19.7 Å². The average molecular weight is 446 g/mol. The molecule has 2 aromatic heterocycles. The van der Waals surface area contributed by atoms with Gasteiger partial charge in [0, 0.05) is 54.9 Å². The number of fused-ring (bicyclic) bond motifs is 1. The van der Waals surface area contributed by atoms with Gasteiger partial charge in [-0.2, -0.15) is 5.10 Å². The number of methoxy groups -OCH3 is 1. The topological polar surface area (TPSA) is 65.3 Å². The number of aryl methyl sites for hydroxylation is 1. The van der Waals surface area contributed by atoms with Crippen LogP contribution >= 0.6 is 0 Å². The van der Waals surface area contributed by atoms with Crippen molar-refractivity contribution in [2.45, 2.75) is 39.7 Å². The fourth-order valence-electron chi connectivity index (χ4n) is 3.73. The molecule has 0 fully saturated rings. The molecule has 7 nitrogen and oxygen atoms in total. The number of rotatable bonds is 7. The monoisotopic (exact) mass is 445 g/mol. The predicted octanol–water partition coefficient (Wildman–Crippen LogP) is 5.76. The van der Waals surface area contributed by atoms with Gasteiger partial charge in [0.15, 0.2) is 0 Å². The van der Waals surface area contributed by atoms with Crippen LogP contribution in [0.15, 0.2) is 55.0 Å². The van der Waals surface area contributed by atoms with Crippen molar-refractivity contribution in [3.8, 4) is 22.8 Å². The fraction of sp³-hybridized carbons (Fsp3) is 0.346. The molecule has 0 atom stereocenters. The molecule has 172 valence electrons. The minimum atomic E-state index is -0.305. The van der Waals surface area contributed by atoms with Gasteiger partial charge in [-0.15, -0.1) is 0 Å². The van der Waals surface area contributed by atoms with Crippen molar-refractivity contribution in [2.75, 3.05) is 18.6 Å². The van der Waals surface area contributed by atoms with Crippen LogP contribution < -0.4 is 14.4 Å². The standard InChI is InChI=1S/C26H31N5O2/c1-7-10-31(20-11-21(32-6)14-22(12-20)33-26(2,3)4)19-8-9-23-24(13-19)29-25(16-27-23)18-15-28-30(5)17-18/h8-9,11-17H,7,10H2,1-6H3. The van der Waals surface area contributed by atoms with E-state index in [0.29, 0.717) is 0 Å². The molecule has 0 aliphatic rings. The van der Waals surface area contributed by atoms with Crippen molar-refractivity contribution < 1.29 is 9.47 Å². The van der Waals surface area contributed by atoms with Crippen LogP contribution in [-0.2, 0) is 7.05 Å². The summed E-state index contributed by atoms with van der Waals surface area (Å²) in [6, 6.07) is 12.2. The average Bonchev–Trinajstić information content (AvgIpc) is 3.21. The van der Waals surface area contributed by atoms with Gasteiger partial charge in [-0.1, -0.05) is 6.92 Å². The smallest absolute Gasteiger partial charge is 0.125 e. The number of ether oxygens (including phenoxy) is 2. The second kappa shape index (κ2) is 9.10. The van der Waals surface area contributed by atoms with E-state index >= 15 is 0 Å². The molecular formula is C26H31N5O2. The summed E-state index contributed by atoms with van der Waals surface area (Å²) >= 11 is 0. The Hall–Kier alpha value is -3.61. The Labute approximate surface area is 195 Å². The third kappa shape index (κ3) is 5.25. The lowest BCUT2D eigenvalue weighted by molar-refractivity contribution is 0.130. The number of hydrogen-bond donors (Lipinski definition) is 0. The number of nitrogens with zero attached hydrogens (tertiary/aromatic N) is 5. The van der Waals surface area contributed by atoms with Gasteiger partial charge in [0.2, 0.25) is 0 Å². The third-order valence-corrected chi connectivity index (χ3v) is 5.12. The van der Waals surface area contributed by atoms with Crippen LogP contribution in [0.1, 0.15) is 34.1 Å². The first-order valence-corrected chi connectivity index (χ1v) is 11.2. The van der Waals surface area contributed by atoms with E-state index in [4.69, 9.17) is 14.5 Å². The van der Waals surface area contributed by atoms with Gasteiger partial charge in [0.05, 0.1) is 36.2 Å². The van der Waals surface area contributed by atoms with Gasteiger partial charge in [0.1, 0.15) is 17.1 Å². The van der Waals surface area contributed by atoms with Crippen LogP contribution in [0.25, 0.3) is 22.3 Å². The van der Waals surface area contributed by atoms with E-state index in [0.717, 1.165) is 58.1 Å². The lowest BCUT2D eigenvalue weighted by Crippen LogP contribution is -2.23. The third-order valence-electron chi connectivity index (χ3n) is 5.12. The summed E-state index contributed by atoms with van der Waals surface area (Å²) in [4.78, 5) is 11.7. The number of anilines is 2. The molecule has 2 heterocycles. The summed E-state index contributed by atoms with van der Waals surface area (Å²) in [5, 5.41) is 4.25. The molecule has 4 aromatic rings. The van der Waals surface area contributed by atoms with E-state index in [2.05, 4.69) is 40.1 Å². The molecule has 33 heavy (non-hydrogen) atoms. The van der Waals surface area contributed by atoms with Crippen LogP contribution in [0.3, 0.4) is 0 Å². The van der Waals surface area contributed by atoms with Gasteiger partial charge in [0.25, 0.3) is 0 Å². The van der Waals surface area contributed by atoms with Crippen molar-refractivity contribution in [3.05, 3.63) is 55.0 Å². The maximum atomic E-state index is 6.15. The van der Waals surface area contributed by atoms with Gasteiger partial charge in [-0.05, 0) is 45.4 Å². The predicted molar refractivity (Wildman–Crippen MR) is 132 cm³/mol. The molecule has 0 spiro atoms. The highest BCUT2D eigenvalue weighted by Gasteiger charge is 2.17. The highest BCUT2D eigenvalue weighted by molar-refractivity contribution is 5.82. The molecule has 0 aliphatic carbocycles. The minimum Gasteiger partial charge on any atom is -0.497 e. The van der Waals surface area contributed by atoms with Crippen LogP contribution in [-0.4, -0.2) is 39.0 Å². The zero-order valence-electron chi connectivity index (χ0n) is 20.2. The molecule has 0 amide bonds. The van der Waals surface area contributed by atoms with Crippen LogP contribution in [0.4, 0.5) is 11.4 Å². The molecule has 0 aliphatic heterocycles.